The van der Waals surface area contributed by atoms with Gasteiger partial charge in [-0.3, -0.25) is 4.79 Å². The summed E-state index contributed by atoms with van der Waals surface area (Å²) in [6, 6.07) is 9.44. The Kier molecular flexibility index (Phi) is 6.33. The van der Waals surface area contributed by atoms with Gasteiger partial charge in [0.2, 0.25) is 0 Å². The van der Waals surface area contributed by atoms with Crippen LogP contribution in [0.25, 0.3) is 0 Å². The fraction of sp³-hybridized carbons (Fsp3) is 0. The molecule has 0 N–H and O–H groups in total. The minimum atomic E-state index is -0.889. The molecule has 1 rings (SSSR count). The smallest absolute Gasteiger partial charge is 0.262 e. The number of rotatable bonds is 0. The third-order valence-corrected chi connectivity index (χ3v) is 0.985. The summed E-state index contributed by atoms with van der Waals surface area (Å²) in [6.45, 7) is 0. The first kappa shape index (κ1) is 10.8. The maximum Gasteiger partial charge on any atom is 0.313 e. The molecule has 0 spiro atoms. The number of carbonyl (C=O) groups is 1. The van der Waals surface area contributed by atoms with Crippen molar-refractivity contribution < 1.29 is 4.79 Å². The van der Waals surface area contributed by atoms with Crippen LogP contribution in [-0.4, -0.2) is 4.70 Å². The van der Waals surface area contributed by atoms with Crippen molar-refractivity contribution in [1.29, 1.82) is 0 Å². The second-order valence-electron chi connectivity index (χ2n) is 1.52. The molecule has 0 unspecified atom stereocenters. The Bertz CT molecular complexity index is 206. The topological polar surface area (TPSA) is 17.1 Å². The fourth-order valence-electron chi connectivity index (χ4n) is 0.415. The number of benzene rings is 1. The maximum absolute atomic E-state index is 8.98. The molecule has 4 heteroatoms. The van der Waals surface area contributed by atoms with Gasteiger partial charge in [-0.2, -0.15) is 0 Å². The second kappa shape index (κ2) is 6.47. The van der Waals surface area contributed by atoms with Gasteiger partial charge in [-0.05, 0) is 35.3 Å². The van der Waals surface area contributed by atoms with E-state index in [9.17, 15) is 0 Å². The van der Waals surface area contributed by atoms with Gasteiger partial charge >= 0.3 is 4.70 Å². The molecule has 1 aromatic carbocycles. The van der Waals surface area contributed by atoms with Gasteiger partial charge in [-0.25, -0.2) is 0 Å². The van der Waals surface area contributed by atoms with Crippen molar-refractivity contribution in [1.82, 2.24) is 0 Å². The summed E-state index contributed by atoms with van der Waals surface area (Å²) >= 11 is 14.3. The number of hydrogen-bond donors (Lipinski definition) is 0. The first-order chi connectivity index (χ1) is 5.13. The van der Waals surface area contributed by atoms with Crippen LogP contribution in [0.4, 0.5) is 4.79 Å². The van der Waals surface area contributed by atoms with Crippen molar-refractivity contribution in [3.8, 4) is 0 Å². The van der Waals surface area contributed by atoms with Gasteiger partial charge in [0.1, 0.15) is 0 Å². The number of carbonyl (C=O) groups excluding carboxylic acids is 1. The molecule has 0 saturated heterocycles. The summed E-state index contributed by atoms with van der Waals surface area (Å²) in [7, 11) is 0. The Morgan fingerprint density at radius 1 is 1.09 bits per heavy atom. The SMILES string of the molecule is Clc1ccccc1.O=C(Cl)Cl. The molecule has 11 heavy (non-hydrogen) atoms. The lowest BCUT2D eigenvalue weighted by Crippen LogP contribution is -1.55. The quantitative estimate of drug-likeness (QED) is 0.594. The van der Waals surface area contributed by atoms with Gasteiger partial charge < -0.3 is 0 Å². The number of halogens is 3. The predicted molar refractivity (Wildman–Crippen MR) is 48.6 cm³/mol. The van der Waals surface area contributed by atoms with E-state index < -0.39 is 4.70 Å². The zero-order valence-corrected chi connectivity index (χ0v) is 7.70. The van der Waals surface area contributed by atoms with Crippen molar-refractivity contribution in [2.45, 2.75) is 0 Å². The van der Waals surface area contributed by atoms with Gasteiger partial charge in [0.15, 0.2) is 0 Å². The predicted octanol–water partition coefficient (Wildman–Crippen LogP) is 3.92. The van der Waals surface area contributed by atoms with E-state index in [1.54, 1.807) is 0 Å². The van der Waals surface area contributed by atoms with Gasteiger partial charge in [0.25, 0.3) is 0 Å². The van der Waals surface area contributed by atoms with E-state index >= 15 is 0 Å². The molecule has 0 aliphatic carbocycles. The molecule has 60 valence electrons. The molecule has 0 bridgehead atoms. The summed E-state index contributed by atoms with van der Waals surface area (Å²) in [5.41, 5.74) is 0. The van der Waals surface area contributed by atoms with Crippen LogP contribution in [-0.2, 0) is 0 Å². The lowest BCUT2D eigenvalue weighted by atomic mass is 10.4. The summed E-state index contributed by atoms with van der Waals surface area (Å²) in [6.07, 6.45) is 0. The highest BCUT2D eigenvalue weighted by molar-refractivity contribution is 6.93. The van der Waals surface area contributed by atoms with E-state index in [-0.39, 0.29) is 0 Å². The number of hydrogen-bond acceptors (Lipinski definition) is 1. The average Bonchev–Trinajstić information content (AvgIpc) is 1.87. The molecule has 0 aliphatic rings. The van der Waals surface area contributed by atoms with E-state index in [0.29, 0.717) is 0 Å². The molecule has 0 aromatic heterocycles. The van der Waals surface area contributed by atoms with E-state index in [1.807, 2.05) is 30.3 Å². The highest BCUT2D eigenvalue weighted by atomic mass is 35.5. The largest absolute Gasteiger partial charge is 0.313 e. The molecular formula is C7H5Cl3O. The molecule has 0 amide bonds. The first-order valence-corrected chi connectivity index (χ1v) is 3.82. The standard InChI is InChI=1S/C6H5Cl.CCl2O/c7-6-4-2-1-3-5-6;2-1(3)4/h1-5H;. The maximum atomic E-state index is 8.98. The van der Waals surface area contributed by atoms with Crippen LogP contribution in [0.5, 0.6) is 0 Å². The summed E-state index contributed by atoms with van der Waals surface area (Å²) < 4.78 is -0.889. The Labute approximate surface area is 79.9 Å². The van der Waals surface area contributed by atoms with Crippen LogP contribution in [0.3, 0.4) is 0 Å². The van der Waals surface area contributed by atoms with Crippen LogP contribution < -0.4 is 0 Å². The third-order valence-electron chi connectivity index (χ3n) is 0.733. The van der Waals surface area contributed by atoms with Crippen molar-refractivity contribution in [3.63, 3.8) is 0 Å². The van der Waals surface area contributed by atoms with Gasteiger partial charge in [-0.1, -0.05) is 29.8 Å². The average molecular weight is 211 g/mol. The van der Waals surface area contributed by atoms with Crippen LogP contribution >= 0.6 is 34.8 Å². The molecule has 0 aliphatic heterocycles. The van der Waals surface area contributed by atoms with E-state index in [2.05, 4.69) is 23.2 Å². The highest BCUT2D eigenvalue weighted by Gasteiger charge is 1.75. The molecule has 0 fully saturated rings. The van der Waals surface area contributed by atoms with E-state index in [0.717, 1.165) is 5.02 Å². The lowest BCUT2D eigenvalue weighted by Gasteiger charge is -1.80. The molecule has 0 saturated carbocycles. The highest BCUT2D eigenvalue weighted by Crippen LogP contribution is 2.03. The summed E-state index contributed by atoms with van der Waals surface area (Å²) in [5, 5.41) is 0.794. The molecule has 1 nitrogen and oxygen atoms in total. The lowest BCUT2D eigenvalue weighted by molar-refractivity contribution is 0.275. The third kappa shape index (κ3) is 9.76. The van der Waals surface area contributed by atoms with E-state index in [4.69, 9.17) is 16.4 Å². The van der Waals surface area contributed by atoms with Crippen molar-refractivity contribution in [2.75, 3.05) is 0 Å². The minimum absolute atomic E-state index is 0.794. The van der Waals surface area contributed by atoms with Crippen LogP contribution in [0.2, 0.25) is 5.02 Å². The van der Waals surface area contributed by atoms with Crippen LogP contribution in [0.1, 0.15) is 0 Å². The minimum Gasteiger partial charge on any atom is -0.262 e. The zero-order chi connectivity index (χ0) is 8.69. The van der Waals surface area contributed by atoms with Gasteiger partial charge in [0.05, 0.1) is 0 Å². The van der Waals surface area contributed by atoms with Gasteiger partial charge in [-0.15, -0.1) is 0 Å². The fourth-order valence-corrected chi connectivity index (χ4v) is 0.560. The Hall–Kier alpha value is -0.240. The Morgan fingerprint density at radius 3 is 1.64 bits per heavy atom. The Balaban J connectivity index is 0.000000218. The molecule has 0 heterocycles. The van der Waals surface area contributed by atoms with Crippen LogP contribution in [0, 0.1) is 0 Å². The molecular weight excluding hydrogens is 206 g/mol. The second-order valence-corrected chi connectivity index (χ2v) is 2.84. The monoisotopic (exact) mass is 210 g/mol. The van der Waals surface area contributed by atoms with Crippen molar-refractivity contribution in [3.05, 3.63) is 35.4 Å². The molecule has 0 radical (unpaired) electrons. The first-order valence-electron chi connectivity index (χ1n) is 2.68. The van der Waals surface area contributed by atoms with Crippen LogP contribution in [0.15, 0.2) is 30.3 Å². The van der Waals surface area contributed by atoms with E-state index in [1.165, 1.54) is 0 Å². The molecule has 1 aromatic rings. The summed E-state index contributed by atoms with van der Waals surface area (Å²) in [5.74, 6) is 0. The normalized spacial score (nSPS) is 7.91. The van der Waals surface area contributed by atoms with Gasteiger partial charge in [0, 0.05) is 5.02 Å². The summed E-state index contributed by atoms with van der Waals surface area (Å²) in [4.78, 5) is 8.98. The van der Waals surface area contributed by atoms with Crippen molar-refractivity contribution in [2.24, 2.45) is 0 Å². The van der Waals surface area contributed by atoms with Crippen molar-refractivity contribution >= 4 is 39.5 Å². The zero-order valence-electron chi connectivity index (χ0n) is 5.43. The molecule has 0 atom stereocenters. The Morgan fingerprint density at radius 2 is 1.45 bits per heavy atom.